The minimum Gasteiger partial charge on any atom is -0.383 e. The topological polar surface area (TPSA) is 87.7 Å². The van der Waals surface area contributed by atoms with Gasteiger partial charge < -0.3 is 15.4 Å². The lowest BCUT2D eigenvalue weighted by atomic mass is 10.1. The molecule has 8 heteroatoms. The lowest BCUT2D eigenvalue weighted by Gasteiger charge is -2.13. The first-order valence-electron chi connectivity index (χ1n) is 9.14. The van der Waals surface area contributed by atoms with Gasteiger partial charge in [0, 0.05) is 32.3 Å². The highest BCUT2D eigenvalue weighted by molar-refractivity contribution is 6.22. The molecule has 154 valence electrons. The average molecular weight is 418 g/mol. The summed E-state index contributed by atoms with van der Waals surface area (Å²) in [5, 5.41) is 5.92. The predicted octanol–water partition coefficient (Wildman–Crippen LogP) is 1.87. The van der Waals surface area contributed by atoms with E-state index >= 15 is 0 Å². The van der Waals surface area contributed by atoms with Crippen molar-refractivity contribution in [1.29, 1.82) is 0 Å². The zero-order chi connectivity index (χ0) is 19.9. The minimum atomic E-state index is -0.375. The van der Waals surface area contributed by atoms with Gasteiger partial charge in [0.05, 0.1) is 24.3 Å². The number of nitrogens with one attached hydrogen (secondary N) is 2. The highest BCUT2D eigenvalue weighted by atomic mass is 35.5. The number of ether oxygens (including phenoxy) is 1. The number of fused-ring (bicyclic) bond motifs is 1. The molecule has 0 fully saturated rings. The van der Waals surface area contributed by atoms with Crippen LogP contribution >= 0.6 is 12.4 Å². The Balaban J connectivity index is 0.00000300. The number of hydrogen-bond donors (Lipinski definition) is 2. The van der Waals surface area contributed by atoms with Gasteiger partial charge in [0.25, 0.3) is 17.7 Å². The van der Waals surface area contributed by atoms with E-state index in [1.54, 1.807) is 19.2 Å². The third-order valence-electron chi connectivity index (χ3n) is 4.49. The van der Waals surface area contributed by atoms with Gasteiger partial charge in [-0.05, 0) is 23.8 Å². The van der Waals surface area contributed by atoms with Crippen molar-refractivity contribution in [3.05, 3.63) is 70.8 Å². The van der Waals surface area contributed by atoms with Gasteiger partial charge in [0.2, 0.25) is 0 Å². The molecule has 0 unspecified atom stereocenters. The van der Waals surface area contributed by atoms with Crippen molar-refractivity contribution < 1.29 is 19.1 Å². The van der Waals surface area contributed by atoms with Crippen LogP contribution in [-0.4, -0.2) is 56.0 Å². The van der Waals surface area contributed by atoms with E-state index in [0.717, 1.165) is 5.56 Å². The smallest absolute Gasteiger partial charge is 0.261 e. The van der Waals surface area contributed by atoms with Gasteiger partial charge in [-0.15, -0.1) is 12.4 Å². The van der Waals surface area contributed by atoms with E-state index in [9.17, 15) is 14.4 Å². The second-order valence-electron chi connectivity index (χ2n) is 6.44. The first-order chi connectivity index (χ1) is 13.6. The van der Waals surface area contributed by atoms with Crippen LogP contribution in [-0.2, 0) is 11.3 Å². The fourth-order valence-corrected chi connectivity index (χ4v) is 3.01. The highest BCUT2D eigenvalue weighted by Crippen LogP contribution is 2.25. The van der Waals surface area contributed by atoms with Crippen molar-refractivity contribution >= 4 is 30.1 Å². The van der Waals surface area contributed by atoms with Gasteiger partial charge in [0.1, 0.15) is 0 Å². The maximum atomic E-state index is 12.7. The molecule has 0 aromatic heterocycles. The summed E-state index contributed by atoms with van der Waals surface area (Å²) in [5.74, 6) is -0.990. The first-order valence-corrected chi connectivity index (χ1v) is 9.14. The van der Waals surface area contributed by atoms with E-state index in [1.165, 1.54) is 11.0 Å². The van der Waals surface area contributed by atoms with Crippen LogP contribution in [0.3, 0.4) is 0 Å². The molecule has 3 amide bonds. The van der Waals surface area contributed by atoms with Crippen LogP contribution in [0.15, 0.2) is 48.5 Å². The molecule has 3 rings (SSSR count). The Labute approximate surface area is 175 Å². The fourth-order valence-electron chi connectivity index (χ4n) is 3.01. The maximum Gasteiger partial charge on any atom is 0.261 e. The number of benzene rings is 2. The summed E-state index contributed by atoms with van der Waals surface area (Å²) in [4.78, 5) is 38.8. The van der Waals surface area contributed by atoms with E-state index in [-0.39, 0.29) is 42.2 Å². The zero-order valence-corrected chi connectivity index (χ0v) is 17.0. The molecule has 0 bridgehead atoms. The molecule has 0 spiro atoms. The Morgan fingerprint density at radius 1 is 0.966 bits per heavy atom. The second-order valence-corrected chi connectivity index (χ2v) is 6.44. The first kappa shape index (κ1) is 22.5. The molecular formula is C21H24ClN3O4. The largest absolute Gasteiger partial charge is 0.383 e. The highest BCUT2D eigenvalue weighted by Gasteiger charge is 2.35. The zero-order valence-electron chi connectivity index (χ0n) is 16.1. The summed E-state index contributed by atoms with van der Waals surface area (Å²) in [5.41, 5.74) is 1.83. The van der Waals surface area contributed by atoms with E-state index < -0.39 is 0 Å². The van der Waals surface area contributed by atoms with E-state index in [2.05, 4.69) is 10.6 Å². The number of amides is 3. The van der Waals surface area contributed by atoms with Gasteiger partial charge in [-0.3, -0.25) is 19.3 Å². The standard InChI is InChI=1S/C21H23N3O4.ClH/c1-28-12-11-22-9-10-23-19(25)16-7-8-17-18(13-16)21(27)24(20(17)26)14-15-5-3-2-4-6-15;/h2-8,13,22H,9-12,14H2,1H3,(H,23,25);1H. The Kier molecular flexibility index (Phi) is 8.33. The number of imide groups is 1. The van der Waals surface area contributed by atoms with Crippen LogP contribution in [0.25, 0.3) is 0 Å². The van der Waals surface area contributed by atoms with Crippen molar-refractivity contribution in [2.24, 2.45) is 0 Å². The number of methoxy groups -OCH3 is 1. The molecule has 2 N–H and O–H groups in total. The van der Waals surface area contributed by atoms with Gasteiger partial charge in [-0.1, -0.05) is 30.3 Å². The quantitative estimate of drug-likeness (QED) is 0.480. The number of carbonyl (C=O) groups is 3. The third kappa shape index (κ3) is 5.41. The predicted molar refractivity (Wildman–Crippen MR) is 111 cm³/mol. The molecule has 0 aliphatic carbocycles. The summed E-state index contributed by atoms with van der Waals surface area (Å²) in [6, 6.07) is 13.9. The molecule has 7 nitrogen and oxygen atoms in total. The number of rotatable bonds is 9. The minimum absolute atomic E-state index is 0. The van der Waals surface area contributed by atoms with E-state index in [4.69, 9.17) is 4.74 Å². The van der Waals surface area contributed by atoms with Gasteiger partial charge >= 0.3 is 0 Å². The SMILES string of the molecule is COCCNCCNC(=O)c1ccc2c(c1)C(=O)N(Cc1ccccc1)C2=O.Cl. The summed E-state index contributed by atoms with van der Waals surface area (Å²) >= 11 is 0. The van der Waals surface area contributed by atoms with Crippen LogP contribution in [0.1, 0.15) is 36.6 Å². The molecule has 2 aromatic carbocycles. The summed E-state index contributed by atoms with van der Waals surface area (Å²) in [6.07, 6.45) is 0. The van der Waals surface area contributed by atoms with E-state index in [1.807, 2.05) is 30.3 Å². The van der Waals surface area contributed by atoms with Crippen molar-refractivity contribution in [3.63, 3.8) is 0 Å². The molecular weight excluding hydrogens is 394 g/mol. The maximum absolute atomic E-state index is 12.7. The number of halogens is 1. The van der Waals surface area contributed by atoms with Crippen molar-refractivity contribution in [3.8, 4) is 0 Å². The number of hydrogen-bond acceptors (Lipinski definition) is 5. The van der Waals surface area contributed by atoms with Crippen molar-refractivity contribution in [2.75, 3.05) is 33.4 Å². The molecule has 1 heterocycles. The Morgan fingerprint density at radius 3 is 2.41 bits per heavy atom. The lowest BCUT2D eigenvalue weighted by molar-refractivity contribution is 0.0642. The van der Waals surface area contributed by atoms with Crippen LogP contribution in [0.4, 0.5) is 0 Å². The van der Waals surface area contributed by atoms with Gasteiger partial charge in [-0.2, -0.15) is 0 Å². The molecule has 0 radical (unpaired) electrons. The Hall–Kier alpha value is -2.74. The second kappa shape index (κ2) is 10.7. The Morgan fingerprint density at radius 2 is 1.69 bits per heavy atom. The molecule has 0 saturated heterocycles. The molecule has 1 aliphatic rings. The van der Waals surface area contributed by atoms with Gasteiger partial charge in [0.15, 0.2) is 0 Å². The molecule has 1 aliphatic heterocycles. The third-order valence-corrected chi connectivity index (χ3v) is 4.49. The number of nitrogens with zero attached hydrogens (tertiary/aromatic N) is 1. The van der Waals surface area contributed by atoms with Crippen LogP contribution in [0, 0.1) is 0 Å². The molecule has 0 saturated carbocycles. The van der Waals surface area contributed by atoms with Gasteiger partial charge in [-0.25, -0.2) is 0 Å². The summed E-state index contributed by atoms with van der Waals surface area (Å²) in [6.45, 7) is 2.59. The van der Waals surface area contributed by atoms with Crippen LogP contribution in [0.5, 0.6) is 0 Å². The van der Waals surface area contributed by atoms with Crippen LogP contribution in [0.2, 0.25) is 0 Å². The van der Waals surface area contributed by atoms with Crippen molar-refractivity contribution in [1.82, 2.24) is 15.5 Å². The van der Waals surface area contributed by atoms with E-state index in [0.29, 0.717) is 37.4 Å². The lowest BCUT2D eigenvalue weighted by Crippen LogP contribution is -2.33. The monoisotopic (exact) mass is 417 g/mol. The Bertz CT molecular complexity index is 873. The molecule has 0 atom stereocenters. The summed E-state index contributed by atoms with van der Waals surface area (Å²) < 4.78 is 4.93. The fraction of sp³-hybridized carbons (Fsp3) is 0.286. The molecule has 29 heavy (non-hydrogen) atoms. The molecule has 2 aromatic rings. The van der Waals surface area contributed by atoms with Crippen molar-refractivity contribution in [2.45, 2.75) is 6.54 Å². The normalized spacial score (nSPS) is 12.5. The number of carbonyl (C=O) groups excluding carboxylic acids is 3. The average Bonchev–Trinajstić information content (AvgIpc) is 2.95. The van der Waals surface area contributed by atoms with Crippen LogP contribution < -0.4 is 10.6 Å². The summed E-state index contributed by atoms with van der Waals surface area (Å²) in [7, 11) is 1.63.